The zero-order valence-corrected chi connectivity index (χ0v) is 21.0. The van der Waals surface area contributed by atoms with Crippen LogP contribution in [0.4, 0.5) is 5.69 Å². The summed E-state index contributed by atoms with van der Waals surface area (Å²) in [4.78, 5) is 26.6. The summed E-state index contributed by atoms with van der Waals surface area (Å²) in [6, 6.07) is 22.2. The van der Waals surface area contributed by atoms with E-state index in [4.69, 9.17) is 5.11 Å². The smallest absolute Gasteiger partial charge is 0.328 e. The van der Waals surface area contributed by atoms with E-state index in [2.05, 4.69) is 47.6 Å². The molecule has 37 heavy (non-hydrogen) atoms. The second-order valence-electron chi connectivity index (χ2n) is 9.76. The first-order valence-corrected chi connectivity index (χ1v) is 12.8. The van der Waals surface area contributed by atoms with Crippen LogP contribution in [0.25, 0.3) is 28.1 Å². The Bertz CT molecular complexity index is 1450. The van der Waals surface area contributed by atoms with E-state index in [0.717, 1.165) is 70.6 Å². The van der Waals surface area contributed by atoms with Gasteiger partial charge in [-0.3, -0.25) is 9.48 Å². The highest BCUT2D eigenvalue weighted by atomic mass is 16.4. The lowest BCUT2D eigenvalue weighted by molar-refractivity contribution is -0.131. The predicted molar refractivity (Wildman–Crippen MR) is 147 cm³/mol. The maximum Gasteiger partial charge on any atom is 0.328 e. The van der Waals surface area contributed by atoms with E-state index in [-0.39, 0.29) is 11.8 Å². The average Bonchev–Trinajstić information content (AvgIpc) is 3.31. The molecule has 1 saturated carbocycles. The summed E-state index contributed by atoms with van der Waals surface area (Å²) in [7, 11) is 1.94. The molecular formula is C31H31N3O3. The molecular weight excluding hydrogens is 462 g/mol. The quantitative estimate of drug-likeness (QED) is 0.300. The zero-order chi connectivity index (χ0) is 25.8. The number of carboxylic acid groups (broad SMARTS) is 1. The highest BCUT2D eigenvalue weighted by Crippen LogP contribution is 2.30. The van der Waals surface area contributed by atoms with E-state index >= 15 is 0 Å². The summed E-state index contributed by atoms with van der Waals surface area (Å²) in [5.74, 6) is -0.828. The van der Waals surface area contributed by atoms with Gasteiger partial charge in [0, 0.05) is 30.1 Å². The van der Waals surface area contributed by atoms with Gasteiger partial charge in [0.1, 0.15) is 0 Å². The lowest BCUT2D eigenvalue weighted by atomic mass is 9.88. The minimum Gasteiger partial charge on any atom is -0.478 e. The molecule has 0 saturated heterocycles. The van der Waals surface area contributed by atoms with Crippen LogP contribution in [0, 0.1) is 5.92 Å². The van der Waals surface area contributed by atoms with E-state index < -0.39 is 5.97 Å². The van der Waals surface area contributed by atoms with Crippen LogP contribution in [0.5, 0.6) is 0 Å². The number of carbonyl (C=O) groups is 2. The number of benzene rings is 3. The van der Waals surface area contributed by atoms with Crippen LogP contribution in [0.15, 0.2) is 79.0 Å². The highest BCUT2D eigenvalue weighted by Gasteiger charge is 2.27. The van der Waals surface area contributed by atoms with Gasteiger partial charge in [0.2, 0.25) is 5.91 Å². The topological polar surface area (TPSA) is 75.4 Å². The summed E-state index contributed by atoms with van der Waals surface area (Å²) in [5.41, 5.74) is 5.91. The minimum atomic E-state index is -0.997. The third kappa shape index (κ3) is 5.64. The van der Waals surface area contributed by atoms with Crippen molar-refractivity contribution in [2.75, 3.05) is 4.90 Å². The third-order valence-corrected chi connectivity index (χ3v) is 7.19. The Balaban J connectivity index is 1.42. The molecule has 6 heteroatoms. The third-order valence-electron chi connectivity index (χ3n) is 7.19. The average molecular weight is 494 g/mol. The van der Waals surface area contributed by atoms with E-state index in [1.807, 2.05) is 47.1 Å². The summed E-state index contributed by atoms with van der Waals surface area (Å²) >= 11 is 0. The van der Waals surface area contributed by atoms with Gasteiger partial charge in [0.05, 0.1) is 18.3 Å². The molecule has 1 fully saturated rings. The minimum absolute atomic E-state index is 0.0254. The second kappa shape index (κ2) is 10.8. The lowest BCUT2D eigenvalue weighted by Crippen LogP contribution is -2.36. The fourth-order valence-electron chi connectivity index (χ4n) is 5.16. The molecule has 1 aromatic heterocycles. The fourth-order valence-corrected chi connectivity index (χ4v) is 5.16. The van der Waals surface area contributed by atoms with Crippen molar-refractivity contribution in [1.82, 2.24) is 9.78 Å². The van der Waals surface area contributed by atoms with Gasteiger partial charge in [-0.15, -0.1) is 0 Å². The molecule has 0 aliphatic heterocycles. The van der Waals surface area contributed by atoms with E-state index in [0.29, 0.717) is 6.54 Å². The van der Waals surface area contributed by atoms with E-state index in [1.165, 1.54) is 6.42 Å². The molecule has 1 amide bonds. The van der Waals surface area contributed by atoms with E-state index in [1.54, 1.807) is 6.08 Å². The molecule has 1 aliphatic carbocycles. The molecule has 0 bridgehead atoms. The van der Waals surface area contributed by atoms with Crippen molar-refractivity contribution >= 4 is 34.5 Å². The number of aryl methyl sites for hydroxylation is 1. The normalized spacial score (nSPS) is 14.3. The van der Waals surface area contributed by atoms with Crippen LogP contribution >= 0.6 is 0 Å². The van der Waals surface area contributed by atoms with Crippen LogP contribution in [0.3, 0.4) is 0 Å². The van der Waals surface area contributed by atoms with Gasteiger partial charge >= 0.3 is 5.97 Å². The summed E-state index contributed by atoms with van der Waals surface area (Å²) < 4.78 is 1.87. The van der Waals surface area contributed by atoms with Gasteiger partial charge < -0.3 is 10.0 Å². The van der Waals surface area contributed by atoms with Gasteiger partial charge in [-0.1, -0.05) is 61.7 Å². The zero-order valence-electron chi connectivity index (χ0n) is 21.0. The van der Waals surface area contributed by atoms with Crippen molar-refractivity contribution < 1.29 is 14.7 Å². The first-order chi connectivity index (χ1) is 18.0. The molecule has 1 N–H and O–H groups in total. The molecule has 3 aromatic carbocycles. The first kappa shape index (κ1) is 24.5. The van der Waals surface area contributed by atoms with Gasteiger partial charge in [-0.05, 0) is 65.4 Å². The summed E-state index contributed by atoms with van der Waals surface area (Å²) in [5, 5.41) is 14.4. The monoisotopic (exact) mass is 493 g/mol. The Morgan fingerprint density at radius 3 is 2.51 bits per heavy atom. The molecule has 5 rings (SSSR count). The number of aromatic nitrogens is 2. The highest BCUT2D eigenvalue weighted by molar-refractivity contribution is 5.95. The Morgan fingerprint density at radius 1 is 1.00 bits per heavy atom. The molecule has 188 valence electrons. The molecule has 6 nitrogen and oxygen atoms in total. The maximum absolute atomic E-state index is 13.7. The molecule has 4 aromatic rings. The number of hydrogen-bond donors (Lipinski definition) is 1. The van der Waals surface area contributed by atoms with Crippen LogP contribution in [-0.4, -0.2) is 26.8 Å². The number of aliphatic carboxylic acids is 1. The van der Waals surface area contributed by atoms with Crippen molar-refractivity contribution in [3.8, 4) is 11.1 Å². The molecule has 0 spiro atoms. The fraction of sp³-hybridized carbons (Fsp3) is 0.258. The number of nitrogens with zero attached hydrogens (tertiary/aromatic N) is 3. The Hall–Kier alpha value is -4.19. The number of rotatable bonds is 7. The molecule has 1 heterocycles. The lowest BCUT2D eigenvalue weighted by Gasteiger charge is -2.30. The first-order valence-electron chi connectivity index (χ1n) is 12.8. The molecule has 0 radical (unpaired) electrons. The van der Waals surface area contributed by atoms with Crippen molar-refractivity contribution in [2.45, 2.75) is 38.6 Å². The van der Waals surface area contributed by atoms with Gasteiger partial charge in [0.25, 0.3) is 0 Å². The largest absolute Gasteiger partial charge is 0.478 e. The predicted octanol–water partition coefficient (Wildman–Crippen LogP) is 6.45. The molecule has 1 aliphatic rings. The Kier molecular flexibility index (Phi) is 7.17. The number of hydrogen-bond acceptors (Lipinski definition) is 3. The van der Waals surface area contributed by atoms with Crippen molar-refractivity contribution in [1.29, 1.82) is 0 Å². The SMILES string of the molecule is Cn1ncc2cc(-c3ccc(CN(C(=O)C4CCCCC4)c4cccc(/C=C/C(=O)O)c4)cc3)ccc21. The van der Waals surface area contributed by atoms with Crippen molar-refractivity contribution in [3.05, 3.63) is 90.1 Å². The van der Waals surface area contributed by atoms with Gasteiger partial charge in [-0.2, -0.15) is 5.10 Å². The van der Waals surface area contributed by atoms with Crippen LogP contribution in [0.1, 0.15) is 43.2 Å². The van der Waals surface area contributed by atoms with Crippen LogP contribution < -0.4 is 4.90 Å². The summed E-state index contributed by atoms with van der Waals surface area (Å²) in [6.45, 7) is 0.462. The number of carboxylic acids is 1. The van der Waals surface area contributed by atoms with Crippen molar-refractivity contribution in [3.63, 3.8) is 0 Å². The summed E-state index contributed by atoms with van der Waals surface area (Å²) in [6.07, 6.45) is 9.75. The van der Waals surface area contributed by atoms with E-state index in [9.17, 15) is 9.59 Å². The van der Waals surface area contributed by atoms with Gasteiger partial charge in [0.15, 0.2) is 0 Å². The number of carbonyl (C=O) groups excluding carboxylic acids is 1. The van der Waals surface area contributed by atoms with Crippen molar-refractivity contribution in [2.24, 2.45) is 13.0 Å². The number of anilines is 1. The Labute approximate surface area is 216 Å². The van der Waals surface area contributed by atoms with Crippen LogP contribution in [0.2, 0.25) is 0 Å². The Morgan fingerprint density at radius 2 is 1.76 bits per heavy atom. The molecule has 0 unspecified atom stereocenters. The number of amides is 1. The van der Waals surface area contributed by atoms with Crippen LogP contribution in [-0.2, 0) is 23.2 Å². The molecule has 0 atom stereocenters. The second-order valence-corrected chi connectivity index (χ2v) is 9.76. The van der Waals surface area contributed by atoms with Gasteiger partial charge in [-0.25, -0.2) is 4.79 Å². The number of fused-ring (bicyclic) bond motifs is 1. The standard InChI is InChI=1S/C31H31N3O3/c1-33-29-16-15-26(19-27(29)20-32-33)24-13-10-23(11-14-24)21-34(31(37)25-7-3-2-4-8-25)28-9-5-6-22(18-28)12-17-30(35)36/h5-6,9-20,25H,2-4,7-8,21H2,1H3,(H,35,36)/b17-12+. The maximum atomic E-state index is 13.7.